The number of hydrogen-bond donors (Lipinski definition) is 2. The van der Waals surface area contributed by atoms with Gasteiger partial charge in [-0.3, -0.25) is 9.36 Å². The number of methoxy groups -OCH3 is 1. The van der Waals surface area contributed by atoms with E-state index in [9.17, 15) is 14.7 Å². The normalized spacial score (nSPS) is 15.8. The van der Waals surface area contributed by atoms with Crippen LogP contribution in [0.1, 0.15) is 29.3 Å². The molecule has 2 heterocycles. The van der Waals surface area contributed by atoms with Crippen LogP contribution in [-0.2, 0) is 17.8 Å². The number of anilines is 1. The van der Waals surface area contributed by atoms with E-state index >= 15 is 0 Å². The Kier molecular flexibility index (Phi) is 4.24. The molecule has 126 valence electrons. The Labute approximate surface area is 138 Å². The molecule has 1 aliphatic rings. The molecule has 2 N–H and O–H groups in total. The minimum Gasteiger partial charge on any atom is -0.497 e. The number of carboxylic acids is 1. The molecule has 7 nitrogen and oxygen atoms in total. The highest BCUT2D eigenvalue weighted by Gasteiger charge is 2.30. The minimum atomic E-state index is -0.989. The van der Waals surface area contributed by atoms with Crippen molar-refractivity contribution in [3.8, 4) is 5.75 Å². The summed E-state index contributed by atoms with van der Waals surface area (Å²) in [6, 6.07) is 4.98. The zero-order valence-electron chi connectivity index (χ0n) is 13.6. The van der Waals surface area contributed by atoms with Crippen LogP contribution in [0, 0.1) is 6.92 Å². The van der Waals surface area contributed by atoms with Crippen LogP contribution < -0.4 is 15.6 Å². The highest BCUT2D eigenvalue weighted by molar-refractivity contribution is 5.72. The summed E-state index contributed by atoms with van der Waals surface area (Å²) in [5, 5.41) is 12.3. The number of aliphatic carboxylic acids is 1. The van der Waals surface area contributed by atoms with Gasteiger partial charge >= 0.3 is 5.97 Å². The number of nitrogens with zero attached hydrogens (tertiary/aromatic N) is 2. The molecule has 1 aliphatic heterocycles. The molecule has 0 aliphatic carbocycles. The molecule has 1 aromatic heterocycles. The van der Waals surface area contributed by atoms with Crippen molar-refractivity contribution >= 4 is 11.8 Å². The van der Waals surface area contributed by atoms with Gasteiger partial charge in [0.25, 0.3) is 5.56 Å². The molecular formula is C17H19N3O4. The summed E-state index contributed by atoms with van der Waals surface area (Å²) in [7, 11) is 1.60. The van der Waals surface area contributed by atoms with Crippen LogP contribution in [0.2, 0.25) is 0 Å². The van der Waals surface area contributed by atoms with Crippen LogP contribution >= 0.6 is 0 Å². The molecular weight excluding hydrogens is 310 g/mol. The Morgan fingerprint density at radius 2 is 2.25 bits per heavy atom. The number of aryl methyl sites for hydroxylation is 2. The third kappa shape index (κ3) is 2.97. The molecule has 0 radical (unpaired) electrons. The lowest BCUT2D eigenvalue weighted by Crippen LogP contribution is -2.30. The monoisotopic (exact) mass is 329 g/mol. The zero-order chi connectivity index (χ0) is 17.3. The van der Waals surface area contributed by atoms with E-state index in [0.717, 1.165) is 16.9 Å². The maximum Gasteiger partial charge on any atom is 0.326 e. The van der Waals surface area contributed by atoms with Crippen molar-refractivity contribution in [2.75, 3.05) is 12.4 Å². The lowest BCUT2D eigenvalue weighted by atomic mass is 10.1. The summed E-state index contributed by atoms with van der Waals surface area (Å²) >= 11 is 0. The molecule has 7 heteroatoms. The summed E-state index contributed by atoms with van der Waals surface area (Å²) in [5.41, 5.74) is 2.27. The molecule has 0 saturated carbocycles. The van der Waals surface area contributed by atoms with Crippen molar-refractivity contribution in [3.63, 3.8) is 0 Å². The van der Waals surface area contributed by atoms with Gasteiger partial charge in [-0.25, -0.2) is 9.78 Å². The Balaban J connectivity index is 1.85. The second-order valence-corrected chi connectivity index (χ2v) is 5.88. The molecule has 24 heavy (non-hydrogen) atoms. The molecule has 1 atom stereocenters. The van der Waals surface area contributed by atoms with Gasteiger partial charge in [0, 0.05) is 18.4 Å². The Bertz CT molecular complexity index is 844. The van der Waals surface area contributed by atoms with E-state index in [4.69, 9.17) is 4.74 Å². The number of nitrogens with one attached hydrogen (secondary N) is 1. The topological polar surface area (TPSA) is 93.5 Å². The fraction of sp³-hybridized carbons (Fsp3) is 0.353. The van der Waals surface area contributed by atoms with Crippen molar-refractivity contribution in [2.45, 2.75) is 32.4 Å². The number of ether oxygens (including phenoxy) is 1. The van der Waals surface area contributed by atoms with Crippen LogP contribution in [0.5, 0.6) is 5.75 Å². The Morgan fingerprint density at radius 3 is 2.96 bits per heavy atom. The smallest absolute Gasteiger partial charge is 0.326 e. The summed E-state index contributed by atoms with van der Waals surface area (Å²) in [6.07, 6.45) is 2.54. The standard InChI is InChI=1S/C17H19N3O4/c1-10-5-11(7-13(6-10)24-2)8-18-15-16(21)20-12(9-19-15)3-4-14(20)17(22)23/h5-7,9,14H,3-4,8H2,1-2H3,(H,18,19)(H,22,23). The Hall–Kier alpha value is -2.83. The predicted molar refractivity (Wildman–Crippen MR) is 88.5 cm³/mol. The SMILES string of the molecule is COc1cc(C)cc(CNc2ncc3n(c2=O)C(C(=O)O)CC3)c1. The number of aromatic nitrogens is 2. The average Bonchev–Trinajstić information content (AvgIpc) is 2.99. The molecule has 0 bridgehead atoms. The van der Waals surface area contributed by atoms with Gasteiger partial charge < -0.3 is 15.2 Å². The van der Waals surface area contributed by atoms with Crippen molar-refractivity contribution in [1.82, 2.24) is 9.55 Å². The fourth-order valence-electron chi connectivity index (χ4n) is 3.03. The number of benzene rings is 1. The van der Waals surface area contributed by atoms with E-state index in [0.29, 0.717) is 25.1 Å². The first-order valence-electron chi connectivity index (χ1n) is 7.71. The highest BCUT2D eigenvalue weighted by Crippen LogP contribution is 2.24. The largest absolute Gasteiger partial charge is 0.497 e. The summed E-state index contributed by atoms with van der Waals surface area (Å²) in [4.78, 5) is 28.0. The number of rotatable bonds is 5. The van der Waals surface area contributed by atoms with Crippen molar-refractivity contribution in [3.05, 3.63) is 51.6 Å². The van der Waals surface area contributed by atoms with E-state index in [2.05, 4.69) is 10.3 Å². The highest BCUT2D eigenvalue weighted by atomic mass is 16.5. The average molecular weight is 329 g/mol. The lowest BCUT2D eigenvalue weighted by molar-refractivity contribution is -0.140. The van der Waals surface area contributed by atoms with Gasteiger partial charge in [0.15, 0.2) is 5.82 Å². The van der Waals surface area contributed by atoms with Crippen LogP contribution in [0.15, 0.2) is 29.2 Å². The number of hydrogen-bond acceptors (Lipinski definition) is 5. The van der Waals surface area contributed by atoms with Gasteiger partial charge in [-0.05, 0) is 43.0 Å². The summed E-state index contributed by atoms with van der Waals surface area (Å²) < 4.78 is 6.57. The summed E-state index contributed by atoms with van der Waals surface area (Å²) in [6.45, 7) is 2.36. The second-order valence-electron chi connectivity index (χ2n) is 5.88. The predicted octanol–water partition coefficient (Wildman–Crippen LogP) is 1.74. The van der Waals surface area contributed by atoms with E-state index in [1.807, 2.05) is 25.1 Å². The number of carboxylic acid groups (broad SMARTS) is 1. The molecule has 3 rings (SSSR count). The van der Waals surface area contributed by atoms with Crippen LogP contribution in [0.4, 0.5) is 5.82 Å². The van der Waals surface area contributed by atoms with Gasteiger partial charge in [0.2, 0.25) is 0 Å². The quantitative estimate of drug-likeness (QED) is 0.868. The molecule has 0 spiro atoms. The Morgan fingerprint density at radius 1 is 1.46 bits per heavy atom. The lowest BCUT2D eigenvalue weighted by Gasteiger charge is -2.12. The number of fused-ring (bicyclic) bond motifs is 1. The first kappa shape index (κ1) is 16.0. The maximum absolute atomic E-state index is 12.5. The first-order valence-corrected chi connectivity index (χ1v) is 7.71. The van der Waals surface area contributed by atoms with Gasteiger partial charge in [0.1, 0.15) is 11.8 Å². The van der Waals surface area contributed by atoms with Crippen LogP contribution in [0.25, 0.3) is 0 Å². The summed E-state index contributed by atoms with van der Waals surface area (Å²) in [5.74, 6) is -0.0832. The van der Waals surface area contributed by atoms with Gasteiger partial charge in [-0.15, -0.1) is 0 Å². The third-order valence-electron chi connectivity index (χ3n) is 4.15. The van der Waals surface area contributed by atoms with E-state index in [-0.39, 0.29) is 5.82 Å². The minimum absolute atomic E-state index is 0.160. The fourth-order valence-corrected chi connectivity index (χ4v) is 3.03. The molecule has 0 saturated heterocycles. The third-order valence-corrected chi connectivity index (χ3v) is 4.15. The van der Waals surface area contributed by atoms with E-state index in [1.54, 1.807) is 13.3 Å². The van der Waals surface area contributed by atoms with Crippen LogP contribution in [-0.4, -0.2) is 27.7 Å². The molecule has 0 amide bonds. The van der Waals surface area contributed by atoms with Crippen molar-refractivity contribution in [2.24, 2.45) is 0 Å². The second kappa shape index (κ2) is 6.35. The van der Waals surface area contributed by atoms with Gasteiger partial charge in [-0.2, -0.15) is 0 Å². The first-order chi connectivity index (χ1) is 11.5. The maximum atomic E-state index is 12.5. The van der Waals surface area contributed by atoms with Crippen LogP contribution in [0.3, 0.4) is 0 Å². The van der Waals surface area contributed by atoms with Gasteiger partial charge in [0.05, 0.1) is 7.11 Å². The molecule has 1 unspecified atom stereocenters. The zero-order valence-corrected chi connectivity index (χ0v) is 13.6. The van der Waals surface area contributed by atoms with E-state index < -0.39 is 17.6 Å². The van der Waals surface area contributed by atoms with E-state index in [1.165, 1.54) is 4.57 Å². The molecule has 0 fully saturated rings. The molecule has 1 aromatic carbocycles. The van der Waals surface area contributed by atoms with Crippen molar-refractivity contribution < 1.29 is 14.6 Å². The number of carbonyl (C=O) groups is 1. The van der Waals surface area contributed by atoms with Gasteiger partial charge in [-0.1, -0.05) is 6.07 Å². The molecule has 2 aromatic rings. The van der Waals surface area contributed by atoms with Crippen molar-refractivity contribution in [1.29, 1.82) is 0 Å².